The van der Waals surface area contributed by atoms with E-state index in [0.29, 0.717) is 11.7 Å². The number of aromatic nitrogens is 1. The zero-order valence-corrected chi connectivity index (χ0v) is 18.3. The van der Waals surface area contributed by atoms with Crippen molar-refractivity contribution < 1.29 is 19.4 Å². The van der Waals surface area contributed by atoms with Crippen LogP contribution in [0.5, 0.6) is 0 Å². The standard InChI is InChI=1S/C21H20N4O6S/c1-12-5-6-18-19(13(12)2)22-21(32-18)23(11-17-4-3-7-31-17)20(26)14-8-15(24(27)28)10-16(9-14)25(29)30/h5-6,8-10,17H,3-4,7,11H2,1-2H3. The molecule has 1 fully saturated rings. The molecule has 1 aliphatic heterocycles. The van der Waals surface area contributed by atoms with Gasteiger partial charge in [-0.15, -0.1) is 0 Å². The number of nitrogens with zero attached hydrogens (tertiary/aromatic N) is 4. The molecule has 0 N–H and O–H groups in total. The number of anilines is 1. The summed E-state index contributed by atoms with van der Waals surface area (Å²) < 4.78 is 6.60. The van der Waals surface area contributed by atoms with Crippen molar-refractivity contribution in [3.63, 3.8) is 0 Å². The van der Waals surface area contributed by atoms with Crippen molar-refractivity contribution in [3.8, 4) is 0 Å². The van der Waals surface area contributed by atoms with Crippen LogP contribution in [0.15, 0.2) is 30.3 Å². The van der Waals surface area contributed by atoms with Crippen molar-refractivity contribution in [3.05, 3.63) is 67.3 Å². The number of thiazole rings is 1. The quantitative estimate of drug-likeness (QED) is 0.393. The molecule has 2 aromatic carbocycles. The molecule has 0 bridgehead atoms. The maximum Gasteiger partial charge on any atom is 0.277 e. The monoisotopic (exact) mass is 456 g/mol. The molecule has 10 nitrogen and oxygen atoms in total. The molecule has 0 saturated carbocycles. The third-order valence-electron chi connectivity index (χ3n) is 5.53. The molecular formula is C21H20N4O6S. The van der Waals surface area contributed by atoms with Gasteiger partial charge >= 0.3 is 0 Å². The lowest BCUT2D eigenvalue weighted by Gasteiger charge is -2.23. The lowest BCUT2D eigenvalue weighted by molar-refractivity contribution is -0.394. The maximum absolute atomic E-state index is 13.5. The van der Waals surface area contributed by atoms with Gasteiger partial charge in [0.1, 0.15) is 0 Å². The van der Waals surface area contributed by atoms with Crippen LogP contribution >= 0.6 is 11.3 Å². The first-order chi connectivity index (χ1) is 15.2. The highest BCUT2D eigenvalue weighted by Crippen LogP contribution is 2.34. The zero-order valence-electron chi connectivity index (χ0n) is 17.4. The van der Waals surface area contributed by atoms with E-state index >= 15 is 0 Å². The van der Waals surface area contributed by atoms with Gasteiger partial charge in [0.05, 0.1) is 44.3 Å². The molecule has 1 amide bonds. The SMILES string of the molecule is Cc1ccc2sc(N(CC3CCCO3)C(=O)c3cc([N+](=O)[O-])cc([N+](=O)[O-])c3)nc2c1C. The molecule has 3 aromatic rings. The highest BCUT2D eigenvalue weighted by atomic mass is 32.1. The minimum atomic E-state index is -0.752. The summed E-state index contributed by atoms with van der Waals surface area (Å²) in [5.41, 5.74) is 1.67. The predicted molar refractivity (Wildman–Crippen MR) is 119 cm³/mol. The second-order valence-corrected chi connectivity index (χ2v) is 8.66. The van der Waals surface area contributed by atoms with Gasteiger partial charge in [-0.2, -0.15) is 0 Å². The van der Waals surface area contributed by atoms with Crippen LogP contribution in [-0.4, -0.2) is 40.0 Å². The number of non-ortho nitro benzene ring substituents is 2. The van der Waals surface area contributed by atoms with E-state index in [9.17, 15) is 25.0 Å². The van der Waals surface area contributed by atoms with Gasteiger partial charge in [-0.05, 0) is 43.9 Å². The third-order valence-corrected chi connectivity index (χ3v) is 6.57. The lowest BCUT2D eigenvalue weighted by Crippen LogP contribution is -2.37. The Morgan fingerprint density at radius 2 is 1.88 bits per heavy atom. The van der Waals surface area contributed by atoms with E-state index in [0.717, 1.165) is 52.4 Å². The van der Waals surface area contributed by atoms with Gasteiger partial charge in [0.2, 0.25) is 0 Å². The summed E-state index contributed by atoms with van der Waals surface area (Å²) in [5, 5.41) is 23.0. The van der Waals surface area contributed by atoms with E-state index < -0.39 is 27.1 Å². The number of nitro groups is 2. The number of aryl methyl sites for hydroxylation is 2. The molecule has 166 valence electrons. The van der Waals surface area contributed by atoms with Crippen molar-refractivity contribution in [2.75, 3.05) is 18.1 Å². The minimum absolute atomic E-state index is 0.143. The smallest absolute Gasteiger partial charge is 0.277 e. The number of benzene rings is 2. The number of nitro benzene ring substituents is 2. The molecule has 1 aromatic heterocycles. The van der Waals surface area contributed by atoms with E-state index in [1.54, 1.807) is 0 Å². The maximum atomic E-state index is 13.5. The van der Waals surface area contributed by atoms with E-state index in [-0.39, 0.29) is 18.2 Å². The largest absolute Gasteiger partial charge is 0.376 e. The van der Waals surface area contributed by atoms with Crippen molar-refractivity contribution in [1.82, 2.24) is 4.98 Å². The van der Waals surface area contributed by atoms with Gasteiger partial charge < -0.3 is 4.74 Å². The Kier molecular flexibility index (Phi) is 5.85. The van der Waals surface area contributed by atoms with E-state index in [1.807, 2.05) is 26.0 Å². The molecule has 11 heteroatoms. The summed E-state index contributed by atoms with van der Waals surface area (Å²) in [5.74, 6) is -0.597. The summed E-state index contributed by atoms with van der Waals surface area (Å²) in [6.45, 7) is 4.73. The predicted octanol–water partition coefficient (Wildman–Crippen LogP) is 4.56. The van der Waals surface area contributed by atoms with Gasteiger partial charge in [0.15, 0.2) is 5.13 Å². The molecular weight excluding hydrogens is 436 g/mol. The van der Waals surface area contributed by atoms with Crippen LogP contribution in [0, 0.1) is 34.1 Å². The van der Waals surface area contributed by atoms with E-state index in [4.69, 9.17) is 4.74 Å². The van der Waals surface area contributed by atoms with Gasteiger partial charge in [-0.3, -0.25) is 29.9 Å². The first kappa shape index (κ1) is 21.8. The minimum Gasteiger partial charge on any atom is -0.376 e. The highest BCUT2D eigenvalue weighted by Gasteiger charge is 2.29. The van der Waals surface area contributed by atoms with Crippen LogP contribution in [0.4, 0.5) is 16.5 Å². The molecule has 1 atom stereocenters. The molecule has 0 spiro atoms. The normalized spacial score (nSPS) is 15.8. The Balaban J connectivity index is 1.80. The number of rotatable bonds is 6. The topological polar surface area (TPSA) is 129 Å². The number of amides is 1. The summed E-state index contributed by atoms with van der Waals surface area (Å²) in [6.07, 6.45) is 1.43. The molecule has 1 unspecified atom stereocenters. The number of fused-ring (bicyclic) bond motifs is 1. The molecule has 0 radical (unpaired) electrons. The molecule has 32 heavy (non-hydrogen) atoms. The van der Waals surface area contributed by atoms with Gasteiger partial charge in [0.25, 0.3) is 17.3 Å². The molecule has 1 aliphatic rings. The lowest BCUT2D eigenvalue weighted by atomic mass is 10.1. The van der Waals surface area contributed by atoms with Gasteiger partial charge in [-0.1, -0.05) is 17.4 Å². The summed E-state index contributed by atoms with van der Waals surface area (Å²) in [4.78, 5) is 40.7. The fourth-order valence-corrected chi connectivity index (χ4v) is 4.69. The van der Waals surface area contributed by atoms with Gasteiger partial charge in [-0.25, -0.2) is 4.98 Å². The highest BCUT2D eigenvalue weighted by molar-refractivity contribution is 7.22. The van der Waals surface area contributed by atoms with E-state index in [1.165, 1.54) is 16.2 Å². The van der Waals surface area contributed by atoms with Crippen molar-refractivity contribution in [2.45, 2.75) is 32.8 Å². The number of carbonyl (C=O) groups is 1. The fourth-order valence-electron chi connectivity index (χ4n) is 3.65. The number of ether oxygens (including phenoxy) is 1. The second-order valence-electron chi connectivity index (χ2n) is 7.65. The Morgan fingerprint density at radius 1 is 1.19 bits per heavy atom. The average molecular weight is 456 g/mol. The Labute approximate surface area is 186 Å². The van der Waals surface area contributed by atoms with Crippen molar-refractivity contribution in [1.29, 1.82) is 0 Å². The van der Waals surface area contributed by atoms with Gasteiger partial charge in [0, 0.05) is 18.7 Å². The second kappa shape index (κ2) is 8.60. The number of carbonyl (C=O) groups excluding carboxylic acids is 1. The molecule has 4 rings (SSSR count). The Morgan fingerprint density at radius 3 is 2.47 bits per heavy atom. The molecule has 0 aliphatic carbocycles. The summed E-state index contributed by atoms with van der Waals surface area (Å²) >= 11 is 1.33. The van der Waals surface area contributed by atoms with Crippen LogP contribution in [0.2, 0.25) is 0 Å². The van der Waals surface area contributed by atoms with Crippen molar-refractivity contribution in [2.24, 2.45) is 0 Å². The Hall–Kier alpha value is -3.44. The average Bonchev–Trinajstić information content (AvgIpc) is 3.43. The van der Waals surface area contributed by atoms with Crippen LogP contribution in [0.25, 0.3) is 10.2 Å². The first-order valence-corrected chi connectivity index (χ1v) is 10.8. The summed E-state index contributed by atoms with van der Waals surface area (Å²) in [7, 11) is 0. The number of hydrogen-bond donors (Lipinski definition) is 0. The number of hydrogen-bond acceptors (Lipinski definition) is 8. The van der Waals surface area contributed by atoms with Crippen LogP contribution in [-0.2, 0) is 4.74 Å². The fraction of sp³-hybridized carbons (Fsp3) is 0.333. The summed E-state index contributed by atoms with van der Waals surface area (Å²) in [6, 6.07) is 6.87. The van der Waals surface area contributed by atoms with E-state index in [2.05, 4.69) is 4.98 Å². The Bertz CT molecular complexity index is 1200. The molecule has 1 saturated heterocycles. The third kappa shape index (κ3) is 4.16. The first-order valence-electron chi connectivity index (χ1n) is 9.98. The van der Waals surface area contributed by atoms with Crippen LogP contribution in [0.1, 0.15) is 34.3 Å². The van der Waals surface area contributed by atoms with Crippen molar-refractivity contribution >= 4 is 44.0 Å². The zero-order chi connectivity index (χ0) is 23.0. The molecule has 2 heterocycles. The van der Waals surface area contributed by atoms with Crippen LogP contribution in [0.3, 0.4) is 0 Å². The van der Waals surface area contributed by atoms with Crippen LogP contribution < -0.4 is 4.90 Å².